The molecule has 1 aromatic heterocycles. The second-order valence-corrected chi connectivity index (χ2v) is 11.5. The number of sulfonamides is 1. The number of hydrogen-bond acceptors (Lipinski definition) is 5. The summed E-state index contributed by atoms with van der Waals surface area (Å²) >= 11 is 0. The van der Waals surface area contributed by atoms with E-state index in [9.17, 15) is 13.2 Å². The number of pyridine rings is 1. The van der Waals surface area contributed by atoms with Crippen molar-refractivity contribution in [3.05, 3.63) is 53.9 Å². The summed E-state index contributed by atoms with van der Waals surface area (Å²) < 4.78 is 29.2. The Balaban J connectivity index is 1.51. The molecule has 0 aliphatic carbocycles. The lowest BCUT2D eigenvalue weighted by Crippen LogP contribution is -2.38. The van der Waals surface area contributed by atoms with Crippen LogP contribution in [0.5, 0.6) is 0 Å². The van der Waals surface area contributed by atoms with Crippen LogP contribution in [0.2, 0.25) is 0 Å². The Bertz CT molecular complexity index is 1110. The highest BCUT2D eigenvalue weighted by Crippen LogP contribution is 2.35. The number of piperidine rings is 2. The molecule has 0 bridgehead atoms. The van der Waals surface area contributed by atoms with Crippen LogP contribution in [0.15, 0.2) is 47.5 Å². The third-order valence-electron chi connectivity index (χ3n) is 7.38. The normalized spacial score (nSPS) is 22.2. The minimum absolute atomic E-state index is 0.0716. The molecule has 1 unspecified atom stereocenters. The third kappa shape index (κ3) is 4.58. The van der Waals surface area contributed by atoms with Gasteiger partial charge in [0.05, 0.1) is 17.4 Å². The Morgan fingerprint density at radius 1 is 0.853 bits per heavy atom. The van der Waals surface area contributed by atoms with E-state index in [0.717, 1.165) is 69.4 Å². The topological polar surface area (TPSA) is 73.8 Å². The Morgan fingerprint density at radius 2 is 1.59 bits per heavy atom. The van der Waals surface area contributed by atoms with Gasteiger partial charge in [0, 0.05) is 44.5 Å². The summed E-state index contributed by atoms with van der Waals surface area (Å²) in [6, 6.07) is 11.0. The first kappa shape index (κ1) is 23.3. The molecule has 0 spiro atoms. The summed E-state index contributed by atoms with van der Waals surface area (Å²) in [7, 11) is -3.68. The van der Waals surface area contributed by atoms with Gasteiger partial charge in [0.15, 0.2) is 0 Å². The molecule has 3 saturated heterocycles. The molecule has 3 fully saturated rings. The zero-order valence-corrected chi connectivity index (χ0v) is 20.5. The number of anilines is 1. The quantitative estimate of drug-likeness (QED) is 0.638. The van der Waals surface area contributed by atoms with E-state index in [-0.39, 0.29) is 16.8 Å². The highest BCUT2D eigenvalue weighted by molar-refractivity contribution is 7.89. The largest absolute Gasteiger partial charge is 0.370 e. The molecule has 0 radical (unpaired) electrons. The minimum atomic E-state index is -3.68. The van der Waals surface area contributed by atoms with Crippen LogP contribution in [-0.4, -0.2) is 61.2 Å². The molecule has 4 heterocycles. The zero-order chi connectivity index (χ0) is 23.5. The van der Waals surface area contributed by atoms with Crippen LogP contribution in [0.25, 0.3) is 0 Å². The van der Waals surface area contributed by atoms with Crippen molar-refractivity contribution in [1.82, 2.24) is 14.2 Å². The van der Waals surface area contributed by atoms with Gasteiger partial charge in [0.2, 0.25) is 10.0 Å². The maximum Gasteiger partial charge on any atom is 0.254 e. The van der Waals surface area contributed by atoms with Gasteiger partial charge in [0.25, 0.3) is 5.91 Å². The minimum Gasteiger partial charge on any atom is -0.370 e. The first-order valence-corrected chi connectivity index (χ1v) is 14.1. The Kier molecular flexibility index (Phi) is 6.88. The molecule has 34 heavy (non-hydrogen) atoms. The van der Waals surface area contributed by atoms with E-state index in [1.165, 1.54) is 6.42 Å². The average Bonchev–Trinajstić information content (AvgIpc) is 3.39. The molecule has 1 amide bonds. The number of likely N-dealkylation sites (tertiary alicyclic amines) is 1. The van der Waals surface area contributed by atoms with E-state index in [4.69, 9.17) is 0 Å². The smallest absolute Gasteiger partial charge is 0.254 e. The summed E-state index contributed by atoms with van der Waals surface area (Å²) in [4.78, 5) is 22.5. The lowest BCUT2D eigenvalue weighted by atomic mass is 10.1. The number of nitrogens with zero attached hydrogens (tertiary/aromatic N) is 4. The zero-order valence-electron chi connectivity index (χ0n) is 19.7. The Labute approximate surface area is 202 Å². The summed E-state index contributed by atoms with van der Waals surface area (Å²) in [6.45, 7) is 3.46. The van der Waals surface area contributed by atoms with Crippen molar-refractivity contribution >= 4 is 21.6 Å². The number of carbonyl (C=O) groups is 1. The van der Waals surface area contributed by atoms with Gasteiger partial charge >= 0.3 is 0 Å². The molecule has 3 aliphatic rings. The molecule has 7 nitrogen and oxygen atoms in total. The number of benzene rings is 1. The standard InChI is InChI=1S/C26H34N4O3S/c31-26(30-19-9-11-23(30)22-10-3-4-14-27-22)21-12-13-24(28-15-5-1-6-16-28)25(20-21)34(32,33)29-17-7-2-8-18-29/h3-4,10,12-14,20,23H,1-2,5-9,11,15-19H2. The predicted molar refractivity (Wildman–Crippen MR) is 132 cm³/mol. The van der Waals surface area contributed by atoms with Gasteiger partial charge in [-0.15, -0.1) is 0 Å². The molecule has 3 aliphatic heterocycles. The fourth-order valence-electron chi connectivity index (χ4n) is 5.55. The van der Waals surface area contributed by atoms with Crippen LogP contribution < -0.4 is 4.90 Å². The molecule has 0 saturated carbocycles. The van der Waals surface area contributed by atoms with Crippen LogP contribution in [0.3, 0.4) is 0 Å². The third-order valence-corrected chi connectivity index (χ3v) is 9.31. The average molecular weight is 483 g/mol. The summed E-state index contributed by atoms with van der Waals surface area (Å²) in [5, 5.41) is 0. The molecule has 5 rings (SSSR count). The second kappa shape index (κ2) is 10.0. The summed E-state index contributed by atoms with van der Waals surface area (Å²) in [6.07, 6.45) is 9.66. The van der Waals surface area contributed by atoms with Crippen molar-refractivity contribution in [2.45, 2.75) is 62.3 Å². The van der Waals surface area contributed by atoms with Crippen molar-refractivity contribution in [3.63, 3.8) is 0 Å². The van der Waals surface area contributed by atoms with Crippen molar-refractivity contribution in [1.29, 1.82) is 0 Å². The lowest BCUT2D eigenvalue weighted by Gasteiger charge is -2.33. The fraction of sp³-hybridized carbons (Fsp3) is 0.538. The van der Waals surface area contributed by atoms with E-state index < -0.39 is 10.0 Å². The maximum atomic E-state index is 13.8. The van der Waals surface area contributed by atoms with E-state index in [2.05, 4.69) is 9.88 Å². The summed E-state index contributed by atoms with van der Waals surface area (Å²) in [5.74, 6) is -0.117. The van der Waals surface area contributed by atoms with E-state index in [0.29, 0.717) is 25.2 Å². The number of amides is 1. The van der Waals surface area contributed by atoms with E-state index >= 15 is 0 Å². The van der Waals surface area contributed by atoms with Crippen molar-refractivity contribution < 1.29 is 13.2 Å². The number of carbonyl (C=O) groups excluding carboxylic acids is 1. The monoisotopic (exact) mass is 482 g/mol. The van der Waals surface area contributed by atoms with Gasteiger partial charge in [-0.3, -0.25) is 9.78 Å². The highest BCUT2D eigenvalue weighted by atomic mass is 32.2. The highest BCUT2D eigenvalue weighted by Gasteiger charge is 2.34. The van der Waals surface area contributed by atoms with Gasteiger partial charge in [-0.05, 0) is 75.3 Å². The molecule has 1 atom stereocenters. The molecular formula is C26H34N4O3S. The van der Waals surface area contributed by atoms with Gasteiger partial charge in [-0.2, -0.15) is 4.31 Å². The second-order valence-electron chi connectivity index (χ2n) is 9.61. The van der Waals surface area contributed by atoms with Crippen molar-refractivity contribution in [2.75, 3.05) is 37.6 Å². The van der Waals surface area contributed by atoms with Crippen LogP contribution >= 0.6 is 0 Å². The van der Waals surface area contributed by atoms with Gasteiger partial charge < -0.3 is 9.80 Å². The first-order valence-electron chi connectivity index (χ1n) is 12.7. The van der Waals surface area contributed by atoms with Crippen molar-refractivity contribution in [3.8, 4) is 0 Å². The van der Waals surface area contributed by atoms with Crippen LogP contribution in [0.1, 0.15) is 73.5 Å². The number of rotatable bonds is 5. The predicted octanol–water partition coefficient (Wildman–Crippen LogP) is 4.22. The number of aromatic nitrogens is 1. The summed E-state index contributed by atoms with van der Waals surface area (Å²) in [5.41, 5.74) is 2.07. The van der Waals surface area contributed by atoms with Crippen LogP contribution in [0.4, 0.5) is 5.69 Å². The first-order chi connectivity index (χ1) is 16.6. The fourth-order valence-corrected chi connectivity index (χ4v) is 7.30. The molecular weight excluding hydrogens is 448 g/mol. The Morgan fingerprint density at radius 3 is 2.29 bits per heavy atom. The van der Waals surface area contributed by atoms with Gasteiger partial charge in [-0.25, -0.2) is 8.42 Å². The molecule has 2 aromatic rings. The van der Waals surface area contributed by atoms with E-state index in [1.807, 2.05) is 35.2 Å². The van der Waals surface area contributed by atoms with Crippen LogP contribution in [-0.2, 0) is 10.0 Å². The molecule has 1 aromatic carbocycles. The molecule has 0 N–H and O–H groups in total. The number of hydrogen-bond donors (Lipinski definition) is 0. The SMILES string of the molecule is O=C(c1ccc(N2CCCCC2)c(S(=O)(=O)N2CCCCC2)c1)N1CCCC1c1ccccn1. The van der Waals surface area contributed by atoms with Gasteiger partial charge in [0.1, 0.15) is 4.90 Å². The maximum absolute atomic E-state index is 13.8. The van der Waals surface area contributed by atoms with Gasteiger partial charge in [-0.1, -0.05) is 12.5 Å². The lowest BCUT2D eigenvalue weighted by molar-refractivity contribution is 0.0732. The molecule has 182 valence electrons. The Hall–Kier alpha value is -2.45. The molecule has 8 heteroatoms. The van der Waals surface area contributed by atoms with Crippen LogP contribution in [0, 0.1) is 0 Å². The van der Waals surface area contributed by atoms with E-state index in [1.54, 1.807) is 16.6 Å². The van der Waals surface area contributed by atoms with Crippen molar-refractivity contribution in [2.24, 2.45) is 0 Å².